The Morgan fingerprint density at radius 2 is 1.72 bits per heavy atom. The van der Waals surface area contributed by atoms with Crippen LogP contribution in [0.4, 0.5) is 0 Å². The van der Waals surface area contributed by atoms with Gasteiger partial charge in [-0.2, -0.15) is 0 Å². The first-order valence-electron chi connectivity index (χ1n) is 6.79. The Morgan fingerprint density at radius 3 is 2.44 bits per heavy atom. The third kappa shape index (κ3) is 3.33. The summed E-state index contributed by atoms with van der Waals surface area (Å²) in [6.07, 6.45) is 1.21. The van der Waals surface area contributed by atoms with Crippen molar-refractivity contribution in [2.45, 2.75) is 33.7 Å². The molecule has 0 saturated heterocycles. The molecule has 1 N–H and O–H groups in total. The van der Waals surface area contributed by atoms with Gasteiger partial charge in [-0.1, -0.05) is 57.2 Å². The number of fused-ring (bicyclic) bond motifs is 1. The highest BCUT2D eigenvalue weighted by molar-refractivity contribution is 5.82. The summed E-state index contributed by atoms with van der Waals surface area (Å²) in [5.74, 6) is 0. The molecule has 2 aromatic carbocycles. The van der Waals surface area contributed by atoms with Gasteiger partial charge in [0.15, 0.2) is 0 Å². The lowest BCUT2D eigenvalue weighted by atomic mass is 9.90. The summed E-state index contributed by atoms with van der Waals surface area (Å²) < 4.78 is 0. The minimum Gasteiger partial charge on any atom is -0.312 e. The Bertz CT molecular complexity index is 514. The Balaban J connectivity index is 2.00. The molecule has 2 aromatic rings. The highest BCUT2D eigenvalue weighted by atomic mass is 14.9. The van der Waals surface area contributed by atoms with Crippen LogP contribution in [0, 0.1) is 5.41 Å². The van der Waals surface area contributed by atoms with Crippen LogP contribution in [-0.4, -0.2) is 6.54 Å². The molecule has 2 rings (SSSR count). The van der Waals surface area contributed by atoms with Crippen LogP contribution < -0.4 is 5.32 Å². The van der Waals surface area contributed by atoms with E-state index in [9.17, 15) is 0 Å². The van der Waals surface area contributed by atoms with Gasteiger partial charge < -0.3 is 5.32 Å². The predicted octanol–water partition coefficient (Wildman–Crippen LogP) is 4.37. The minimum absolute atomic E-state index is 0.386. The lowest BCUT2D eigenvalue weighted by Gasteiger charge is -2.23. The number of hydrogen-bond acceptors (Lipinski definition) is 1. The summed E-state index contributed by atoms with van der Waals surface area (Å²) in [5, 5.41) is 6.20. The molecule has 18 heavy (non-hydrogen) atoms. The van der Waals surface area contributed by atoms with Crippen molar-refractivity contribution < 1.29 is 0 Å². The number of hydrogen-bond donors (Lipinski definition) is 1. The second kappa shape index (κ2) is 5.53. The minimum atomic E-state index is 0.386. The van der Waals surface area contributed by atoms with E-state index in [4.69, 9.17) is 0 Å². The van der Waals surface area contributed by atoms with E-state index in [0.717, 1.165) is 13.1 Å². The molecular weight excluding hydrogens is 218 g/mol. The molecule has 0 aliphatic heterocycles. The normalized spacial score (nSPS) is 11.9. The Morgan fingerprint density at radius 1 is 1.00 bits per heavy atom. The Labute approximate surface area is 110 Å². The largest absolute Gasteiger partial charge is 0.312 e. The maximum atomic E-state index is 3.56. The zero-order valence-electron chi connectivity index (χ0n) is 11.7. The van der Waals surface area contributed by atoms with Gasteiger partial charge in [-0.05, 0) is 34.2 Å². The highest BCUT2D eigenvalue weighted by Gasteiger charge is 2.13. The van der Waals surface area contributed by atoms with Crippen LogP contribution in [0.1, 0.15) is 32.8 Å². The molecule has 0 fully saturated rings. The van der Waals surface area contributed by atoms with Crippen LogP contribution in [0.5, 0.6) is 0 Å². The molecule has 0 bridgehead atoms. The first-order chi connectivity index (χ1) is 8.61. The average Bonchev–Trinajstić information content (AvgIpc) is 2.38. The first kappa shape index (κ1) is 13.1. The molecule has 0 aliphatic rings. The monoisotopic (exact) mass is 241 g/mol. The van der Waals surface area contributed by atoms with Gasteiger partial charge in [0.2, 0.25) is 0 Å². The van der Waals surface area contributed by atoms with Crippen molar-refractivity contribution in [3.63, 3.8) is 0 Å². The van der Waals surface area contributed by atoms with Crippen LogP contribution in [-0.2, 0) is 6.54 Å². The Kier molecular flexibility index (Phi) is 4.03. The number of benzene rings is 2. The molecule has 0 saturated carbocycles. The fourth-order valence-corrected chi connectivity index (χ4v) is 2.02. The topological polar surface area (TPSA) is 12.0 Å². The summed E-state index contributed by atoms with van der Waals surface area (Å²) in [4.78, 5) is 0. The van der Waals surface area contributed by atoms with Gasteiger partial charge in [0.1, 0.15) is 0 Å². The second-order valence-electron chi connectivity index (χ2n) is 5.80. The first-order valence-corrected chi connectivity index (χ1v) is 6.79. The lowest BCUT2D eigenvalue weighted by Crippen LogP contribution is -2.28. The molecule has 0 aliphatic carbocycles. The van der Waals surface area contributed by atoms with Crippen molar-refractivity contribution in [1.29, 1.82) is 0 Å². The van der Waals surface area contributed by atoms with E-state index in [2.05, 4.69) is 68.6 Å². The van der Waals surface area contributed by atoms with E-state index in [1.165, 1.54) is 22.8 Å². The predicted molar refractivity (Wildman–Crippen MR) is 79.7 cm³/mol. The molecule has 1 heteroatoms. The van der Waals surface area contributed by atoms with Crippen molar-refractivity contribution in [1.82, 2.24) is 5.32 Å². The number of nitrogens with one attached hydrogen (secondary N) is 1. The van der Waals surface area contributed by atoms with E-state index in [0.29, 0.717) is 5.41 Å². The van der Waals surface area contributed by atoms with Gasteiger partial charge in [0.05, 0.1) is 0 Å². The molecule has 0 heterocycles. The van der Waals surface area contributed by atoms with Crippen molar-refractivity contribution >= 4 is 10.8 Å². The van der Waals surface area contributed by atoms with E-state index in [1.54, 1.807) is 0 Å². The van der Waals surface area contributed by atoms with Gasteiger partial charge in [0.25, 0.3) is 0 Å². The maximum absolute atomic E-state index is 3.56. The Hall–Kier alpha value is -1.34. The highest BCUT2D eigenvalue weighted by Crippen LogP contribution is 2.19. The molecule has 0 atom stereocenters. The van der Waals surface area contributed by atoms with Crippen LogP contribution in [0.2, 0.25) is 0 Å². The van der Waals surface area contributed by atoms with Crippen molar-refractivity contribution in [2.75, 3.05) is 6.54 Å². The van der Waals surface area contributed by atoms with Gasteiger partial charge >= 0.3 is 0 Å². The van der Waals surface area contributed by atoms with E-state index < -0.39 is 0 Å². The standard InChI is InChI=1S/C17H23N/c1-4-17(2,3)13-18-12-14-9-10-15-7-5-6-8-16(15)11-14/h5-11,18H,4,12-13H2,1-3H3. The zero-order chi connectivity index (χ0) is 13.0. The molecule has 0 amide bonds. The van der Waals surface area contributed by atoms with Crippen LogP contribution in [0.25, 0.3) is 10.8 Å². The SMILES string of the molecule is CCC(C)(C)CNCc1ccc2ccccc2c1. The van der Waals surface area contributed by atoms with Crippen LogP contribution in [0.3, 0.4) is 0 Å². The fourth-order valence-electron chi connectivity index (χ4n) is 2.02. The molecule has 0 aromatic heterocycles. The summed E-state index contributed by atoms with van der Waals surface area (Å²) in [5.41, 5.74) is 1.75. The number of rotatable bonds is 5. The summed E-state index contributed by atoms with van der Waals surface area (Å²) >= 11 is 0. The molecule has 1 nitrogen and oxygen atoms in total. The van der Waals surface area contributed by atoms with Gasteiger partial charge in [-0.15, -0.1) is 0 Å². The molecule has 96 valence electrons. The van der Waals surface area contributed by atoms with Crippen LogP contribution >= 0.6 is 0 Å². The zero-order valence-corrected chi connectivity index (χ0v) is 11.7. The van der Waals surface area contributed by atoms with Crippen molar-refractivity contribution in [2.24, 2.45) is 5.41 Å². The van der Waals surface area contributed by atoms with E-state index in [1.807, 2.05) is 0 Å². The maximum Gasteiger partial charge on any atom is 0.0205 e. The third-order valence-electron chi connectivity index (χ3n) is 3.70. The van der Waals surface area contributed by atoms with E-state index >= 15 is 0 Å². The van der Waals surface area contributed by atoms with Gasteiger partial charge in [0, 0.05) is 13.1 Å². The quantitative estimate of drug-likeness (QED) is 0.820. The summed E-state index contributed by atoms with van der Waals surface area (Å²) in [6.45, 7) is 8.88. The van der Waals surface area contributed by atoms with Crippen molar-refractivity contribution in [3.05, 3.63) is 48.0 Å². The molecule has 0 unspecified atom stereocenters. The van der Waals surface area contributed by atoms with E-state index in [-0.39, 0.29) is 0 Å². The molecular formula is C17H23N. The lowest BCUT2D eigenvalue weighted by molar-refractivity contribution is 0.328. The van der Waals surface area contributed by atoms with Gasteiger partial charge in [-0.3, -0.25) is 0 Å². The molecule has 0 radical (unpaired) electrons. The molecule has 0 spiro atoms. The third-order valence-corrected chi connectivity index (χ3v) is 3.70. The van der Waals surface area contributed by atoms with Crippen LogP contribution in [0.15, 0.2) is 42.5 Å². The van der Waals surface area contributed by atoms with Crippen molar-refractivity contribution in [3.8, 4) is 0 Å². The smallest absolute Gasteiger partial charge is 0.0205 e. The fraction of sp³-hybridized carbons (Fsp3) is 0.412. The van der Waals surface area contributed by atoms with Gasteiger partial charge in [-0.25, -0.2) is 0 Å². The second-order valence-corrected chi connectivity index (χ2v) is 5.80. The summed E-state index contributed by atoms with van der Waals surface area (Å²) in [6, 6.07) is 15.2. The average molecular weight is 241 g/mol. The summed E-state index contributed by atoms with van der Waals surface area (Å²) in [7, 11) is 0.